The van der Waals surface area contributed by atoms with Gasteiger partial charge in [0.05, 0.1) is 5.92 Å². The van der Waals surface area contributed by atoms with Gasteiger partial charge >= 0.3 is 5.97 Å². The number of esters is 1. The first-order chi connectivity index (χ1) is 12.1. The third-order valence-corrected chi connectivity index (χ3v) is 4.58. The van der Waals surface area contributed by atoms with Gasteiger partial charge in [-0.05, 0) is 43.5 Å². The minimum absolute atomic E-state index is 0.0334. The van der Waals surface area contributed by atoms with Gasteiger partial charge in [0.25, 0.3) is 5.56 Å². The number of aryl methyl sites for hydroxylation is 1. The van der Waals surface area contributed by atoms with Crippen LogP contribution in [-0.2, 0) is 4.79 Å². The molecule has 1 aromatic carbocycles. The van der Waals surface area contributed by atoms with Crippen molar-refractivity contribution in [1.29, 1.82) is 5.26 Å². The van der Waals surface area contributed by atoms with E-state index in [2.05, 4.69) is 4.98 Å². The second kappa shape index (κ2) is 7.35. The Morgan fingerprint density at radius 2 is 2.00 bits per heavy atom. The van der Waals surface area contributed by atoms with Crippen LogP contribution < -0.4 is 10.3 Å². The van der Waals surface area contributed by atoms with E-state index in [4.69, 9.17) is 4.74 Å². The number of hydrogen-bond acceptors (Lipinski definition) is 4. The molecule has 0 unspecified atom stereocenters. The smallest absolute Gasteiger partial charge is 0.314 e. The van der Waals surface area contributed by atoms with Gasteiger partial charge in [0, 0.05) is 11.3 Å². The third kappa shape index (κ3) is 3.80. The molecule has 1 fully saturated rings. The van der Waals surface area contributed by atoms with E-state index < -0.39 is 5.56 Å². The van der Waals surface area contributed by atoms with Crippen molar-refractivity contribution in [3.05, 3.63) is 51.9 Å². The molecule has 0 saturated heterocycles. The lowest BCUT2D eigenvalue weighted by Gasteiger charge is -2.19. The van der Waals surface area contributed by atoms with Gasteiger partial charge in [0.1, 0.15) is 17.4 Å². The molecule has 0 radical (unpaired) electrons. The van der Waals surface area contributed by atoms with Crippen molar-refractivity contribution in [3.8, 4) is 22.9 Å². The van der Waals surface area contributed by atoms with E-state index in [-0.39, 0.29) is 17.5 Å². The van der Waals surface area contributed by atoms with Gasteiger partial charge in [-0.3, -0.25) is 9.59 Å². The zero-order valence-corrected chi connectivity index (χ0v) is 14.2. The van der Waals surface area contributed by atoms with Crippen molar-refractivity contribution >= 4 is 5.97 Å². The average Bonchev–Trinajstić information content (AvgIpc) is 2.62. The Hall–Kier alpha value is -2.87. The monoisotopic (exact) mass is 336 g/mol. The van der Waals surface area contributed by atoms with Gasteiger partial charge in [-0.2, -0.15) is 5.26 Å². The number of rotatable bonds is 3. The summed E-state index contributed by atoms with van der Waals surface area (Å²) in [5, 5.41) is 9.28. The molecule has 3 rings (SSSR count). The second-order valence-electron chi connectivity index (χ2n) is 6.47. The van der Waals surface area contributed by atoms with Crippen molar-refractivity contribution in [3.63, 3.8) is 0 Å². The molecule has 1 aliphatic carbocycles. The van der Waals surface area contributed by atoms with Gasteiger partial charge < -0.3 is 9.72 Å². The van der Waals surface area contributed by atoms with E-state index in [1.807, 2.05) is 6.07 Å². The number of benzene rings is 1. The number of pyridine rings is 1. The number of nitriles is 1. The first-order valence-electron chi connectivity index (χ1n) is 8.54. The lowest BCUT2D eigenvalue weighted by Crippen LogP contribution is -2.22. The predicted octanol–water partition coefficient (Wildman–Crippen LogP) is 3.71. The summed E-state index contributed by atoms with van der Waals surface area (Å²) in [5.74, 6) is 0.211. The Labute approximate surface area is 146 Å². The Morgan fingerprint density at radius 1 is 1.24 bits per heavy atom. The molecule has 5 nitrogen and oxygen atoms in total. The van der Waals surface area contributed by atoms with Crippen molar-refractivity contribution in [2.75, 3.05) is 0 Å². The highest BCUT2D eigenvalue weighted by Gasteiger charge is 2.23. The molecule has 25 heavy (non-hydrogen) atoms. The summed E-state index contributed by atoms with van der Waals surface area (Å²) in [7, 11) is 0. The first-order valence-corrected chi connectivity index (χ1v) is 8.54. The van der Waals surface area contributed by atoms with Gasteiger partial charge in [0.15, 0.2) is 0 Å². The molecule has 0 bridgehead atoms. The van der Waals surface area contributed by atoms with Crippen LogP contribution in [0.3, 0.4) is 0 Å². The van der Waals surface area contributed by atoms with E-state index in [0.29, 0.717) is 22.6 Å². The quantitative estimate of drug-likeness (QED) is 0.684. The molecule has 0 aliphatic heterocycles. The molecule has 2 aromatic rings. The lowest BCUT2D eigenvalue weighted by atomic mass is 9.89. The van der Waals surface area contributed by atoms with Crippen molar-refractivity contribution in [2.45, 2.75) is 39.0 Å². The molecule has 1 aliphatic rings. The molecule has 1 heterocycles. The maximum atomic E-state index is 12.3. The number of carbonyl (C=O) groups excluding carboxylic acids is 1. The van der Waals surface area contributed by atoms with Crippen LogP contribution in [0, 0.1) is 24.2 Å². The largest absolute Gasteiger partial charge is 0.426 e. The maximum absolute atomic E-state index is 12.3. The average molecular weight is 336 g/mol. The van der Waals surface area contributed by atoms with Gasteiger partial charge in [0.2, 0.25) is 0 Å². The molecule has 0 amide bonds. The van der Waals surface area contributed by atoms with Gasteiger partial charge in [-0.1, -0.05) is 31.4 Å². The highest BCUT2D eigenvalue weighted by Crippen LogP contribution is 2.28. The Morgan fingerprint density at radius 3 is 2.72 bits per heavy atom. The van der Waals surface area contributed by atoms with Crippen LogP contribution in [-0.4, -0.2) is 11.0 Å². The minimum Gasteiger partial charge on any atom is -0.426 e. The van der Waals surface area contributed by atoms with Crippen LogP contribution in [0.1, 0.15) is 43.4 Å². The number of H-pyrrole nitrogens is 1. The van der Waals surface area contributed by atoms with E-state index >= 15 is 0 Å². The zero-order valence-electron chi connectivity index (χ0n) is 14.2. The van der Waals surface area contributed by atoms with Crippen molar-refractivity contribution in [2.24, 2.45) is 5.92 Å². The molecular formula is C20H20N2O3. The normalized spacial score (nSPS) is 14.7. The topological polar surface area (TPSA) is 82.9 Å². The first kappa shape index (κ1) is 17.0. The van der Waals surface area contributed by atoms with Crippen LogP contribution >= 0.6 is 0 Å². The number of aromatic amines is 1. The molecule has 1 N–H and O–H groups in total. The summed E-state index contributed by atoms with van der Waals surface area (Å²) in [6.45, 7) is 1.76. The standard InChI is InChI=1S/C20H20N2O3/c1-13-10-17(18(12-21)19(23)22-13)15-8-5-9-16(11-15)25-20(24)14-6-3-2-4-7-14/h5,8-11,14H,2-4,6-7H2,1H3,(H,22,23). The summed E-state index contributed by atoms with van der Waals surface area (Å²) in [6.07, 6.45) is 5.07. The predicted molar refractivity (Wildman–Crippen MR) is 94.2 cm³/mol. The zero-order chi connectivity index (χ0) is 17.8. The van der Waals surface area contributed by atoms with Crippen molar-refractivity contribution < 1.29 is 9.53 Å². The fraction of sp³-hybridized carbons (Fsp3) is 0.350. The molecule has 0 spiro atoms. The Balaban J connectivity index is 1.89. The van der Waals surface area contributed by atoms with Crippen LogP contribution in [0.5, 0.6) is 5.75 Å². The fourth-order valence-electron chi connectivity index (χ4n) is 3.29. The maximum Gasteiger partial charge on any atom is 0.314 e. The highest BCUT2D eigenvalue weighted by atomic mass is 16.5. The van der Waals surface area contributed by atoms with Crippen LogP contribution in [0.4, 0.5) is 0 Å². The number of nitrogens with one attached hydrogen (secondary N) is 1. The lowest BCUT2D eigenvalue weighted by molar-refractivity contribution is -0.139. The number of carbonyl (C=O) groups is 1. The number of hydrogen-bond donors (Lipinski definition) is 1. The SMILES string of the molecule is Cc1cc(-c2cccc(OC(=O)C3CCCCC3)c2)c(C#N)c(=O)[nH]1. The molecule has 5 heteroatoms. The molecule has 1 saturated carbocycles. The fourth-order valence-corrected chi connectivity index (χ4v) is 3.29. The summed E-state index contributed by atoms with van der Waals surface area (Å²) in [6, 6.07) is 10.7. The number of aromatic nitrogens is 1. The Kier molecular flexibility index (Phi) is 4.99. The van der Waals surface area contributed by atoms with Gasteiger partial charge in [-0.15, -0.1) is 0 Å². The number of ether oxygens (including phenoxy) is 1. The summed E-state index contributed by atoms with van der Waals surface area (Å²) in [5.41, 5.74) is 1.53. The molecule has 128 valence electrons. The summed E-state index contributed by atoms with van der Waals surface area (Å²) >= 11 is 0. The van der Waals surface area contributed by atoms with Crippen LogP contribution in [0.2, 0.25) is 0 Å². The second-order valence-corrected chi connectivity index (χ2v) is 6.47. The van der Waals surface area contributed by atoms with E-state index in [9.17, 15) is 14.9 Å². The van der Waals surface area contributed by atoms with E-state index in [1.165, 1.54) is 6.42 Å². The van der Waals surface area contributed by atoms with Crippen LogP contribution in [0.25, 0.3) is 11.1 Å². The van der Waals surface area contributed by atoms with Crippen molar-refractivity contribution in [1.82, 2.24) is 4.98 Å². The summed E-state index contributed by atoms with van der Waals surface area (Å²) < 4.78 is 5.54. The van der Waals surface area contributed by atoms with Gasteiger partial charge in [-0.25, -0.2) is 0 Å². The van der Waals surface area contributed by atoms with E-state index in [1.54, 1.807) is 37.3 Å². The molecule has 1 aromatic heterocycles. The summed E-state index contributed by atoms with van der Waals surface area (Å²) in [4.78, 5) is 26.9. The third-order valence-electron chi connectivity index (χ3n) is 4.58. The van der Waals surface area contributed by atoms with E-state index in [0.717, 1.165) is 25.7 Å². The minimum atomic E-state index is -0.415. The van der Waals surface area contributed by atoms with Crippen LogP contribution in [0.15, 0.2) is 35.1 Å². The highest BCUT2D eigenvalue weighted by molar-refractivity contribution is 5.77. The number of nitrogens with zero attached hydrogens (tertiary/aromatic N) is 1. The molecule has 0 atom stereocenters. The Bertz CT molecular complexity index is 887. The molecular weight excluding hydrogens is 316 g/mol.